The minimum atomic E-state index is -0.270. The van der Waals surface area contributed by atoms with Gasteiger partial charge < -0.3 is 19.8 Å². The first-order chi connectivity index (χ1) is 12.2. The summed E-state index contributed by atoms with van der Waals surface area (Å²) >= 11 is 0. The van der Waals surface area contributed by atoms with Gasteiger partial charge in [0.15, 0.2) is 0 Å². The fourth-order valence-electron chi connectivity index (χ4n) is 3.45. The van der Waals surface area contributed by atoms with Crippen molar-refractivity contribution in [3.8, 4) is 0 Å². The largest absolute Gasteiger partial charge is 0.385 e. The first-order valence-corrected chi connectivity index (χ1v) is 8.85. The normalized spacial score (nSPS) is 18.7. The number of benzene rings is 1. The molecule has 1 aromatic heterocycles. The summed E-state index contributed by atoms with van der Waals surface area (Å²) in [5, 5.41) is 1.24. The van der Waals surface area contributed by atoms with Crippen LogP contribution in [0.25, 0.3) is 10.9 Å². The molecule has 0 bridgehead atoms. The SMILES string of the molecule is COCC[C@@H]1CN(Cc2cn(CCC(N)=O)c3ccccc23)CCO1. The highest BCUT2D eigenvalue weighted by Crippen LogP contribution is 2.24. The number of carbonyl (C=O) groups is 1. The molecule has 2 aromatic rings. The fraction of sp³-hybridized carbons (Fsp3) is 0.526. The maximum absolute atomic E-state index is 11.1. The van der Waals surface area contributed by atoms with Crippen LogP contribution in [0.2, 0.25) is 0 Å². The van der Waals surface area contributed by atoms with Crippen LogP contribution in [0.5, 0.6) is 0 Å². The molecule has 6 nitrogen and oxygen atoms in total. The van der Waals surface area contributed by atoms with E-state index >= 15 is 0 Å². The molecule has 1 aromatic carbocycles. The van der Waals surface area contributed by atoms with Crippen molar-refractivity contribution in [3.05, 3.63) is 36.0 Å². The highest BCUT2D eigenvalue weighted by molar-refractivity contribution is 5.84. The summed E-state index contributed by atoms with van der Waals surface area (Å²) in [4.78, 5) is 13.6. The number of ether oxygens (including phenoxy) is 2. The molecule has 2 N–H and O–H groups in total. The van der Waals surface area contributed by atoms with E-state index in [4.69, 9.17) is 15.2 Å². The molecule has 0 saturated carbocycles. The predicted molar refractivity (Wildman–Crippen MR) is 97.3 cm³/mol. The van der Waals surface area contributed by atoms with Crippen LogP contribution >= 0.6 is 0 Å². The number of hydrogen-bond acceptors (Lipinski definition) is 4. The molecule has 1 atom stereocenters. The second-order valence-corrected chi connectivity index (χ2v) is 6.59. The van der Waals surface area contributed by atoms with Gasteiger partial charge in [-0.2, -0.15) is 0 Å². The summed E-state index contributed by atoms with van der Waals surface area (Å²) in [6.45, 7) is 4.85. The van der Waals surface area contributed by atoms with Gasteiger partial charge in [-0.1, -0.05) is 18.2 Å². The van der Waals surface area contributed by atoms with Crippen LogP contribution in [-0.2, 0) is 27.4 Å². The van der Waals surface area contributed by atoms with Gasteiger partial charge in [-0.25, -0.2) is 0 Å². The van der Waals surface area contributed by atoms with E-state index in [0.29, 0.717) is 13.0 Å². The Morgan fingerprint density at radius 2 is 2.24 bits per heavy atom. The van der Waals surface area contributed by atoms with E-state index in [-0.39, 0.29) is 12.0 Å². The van der Waals surface area contributed by atoms with Crippen molar-refractivity contribution in [3.63, 3.8) is 0 Å². The number of rotatable bonds is 8. The third-order valence-electron chi connectivity index (χ3n) is 4.73. The Kier molecular flexibility index (Phi) is 6.07. The van der Waals surface area contributed by atoms with Gasteiger partial charge in [0.05, 0.1) is 12.7 Å². The number of amides is 1. The van der Waals surface area contributed by atoms with E-state index in [9.17, 15) is 4.79 Å². The lowest BCUT2D eigenvalue weighted by Crippen LogP contribution is -2.42. The lowest BCUT2D eigenvalue weighted by molar-refractivity contribution is -0.118. The molecule has 6 heteroatoms. The summed E-state index contributed by atoms with van der Waals surface area (Å²) in [6, 6.07) is 8.34. The molecule has 136 valence electrons. The van der Waals surface area contributed by atoms with Crippen LogP contribution in [0.4, 0.5) is 0 Å². The number of para-hydroxylation sites is 1. The number of methoxy groups -OCH3 is 1. The van der Waals surface area contributed by atoms with Gasteiger partial charge in [0, 0.05) is 63.4 Å². The highest BCUT2D eigenvalue weighted by atomic mass is 16.5. The van der Waals surface area contributed by atoms with E-state index in [1.54, 1.807) is 7.11 Å². The van der Waals surface area contributed by atoms with Crippen molar-refractivity contribution >= 4 is 16.8 Å². The molecule has 0 unspecified atom stereocenters. The summed E-state index contributed by atoms with van der Waals surface area (Å²) in [5.41, 5.74) is 7.75. The van der Waals surface area contributed by atoms with Crippen molar-refractivity contribution in [2.24, 2.45) is 5.73 Å². The Hall–Kier alpha value is -1.89. The van der Waals surface area contributed by atoms with Crippen LogP contribution in [-0.4, -0.2) is 54.9 Å². The molecule has 0 aliphatic carbocycles. The number of carbonyl (C=O) groups excluding carboxylic acids is 1. The lowest BCUT2D eigenvalue weighted by Gasteiger charge is -2.32. The number of hydrogen-bond donors (Lipinski definition) is 1. The smallest absolute Gasteiger partial charge is 0.219 e. The Morgan fingerprint density at radius 1 is 1.40 bits per heavy atom. The number of nitrogens with two attached hydrogens (primary N) is 1. The quantitative estimate of drug-likeness (QED) is 0.791. The van der Waals surface area contributed by atoms with Gasteiger partial charge in [-0.05, 0) is 18.1 Å². The molecule has 25 heavy (non-hydrogen) atoms. The molecular formula is C19H27N3O3. The predicted octanol–water partition coefficient (Wildman–Crippen LogP) is 1.75. The molecule has 1 aliphatic heterocycles. The zero-order valence-electron chi connectivity index (χ0n) is 14.8. The third kappa shape index (κ3) is 4.60. The van der Waals surface area contributed by atoms with E-state index in [1.165, 1.54) is 10.9 Å². The molecule has 3 rings (SSSR count). The van der Waals surface area contributed by atoms with Crippen molar-refractivity contribution < 1.29 is 14.3 Å². The minimum Gasteiger partial charge on any atom is -0.385 e. The van der Waals surface area contributed by atoms with Gasteiger partial charge in [-0.15, -0.1) is 0 Å². The lowest BCUT2D eigenvalue weighted by atomic mass is 10.1. The average molecular weight is 345 g/mol. The summed E-state index contributed by atoms with van der Waals surface area (Å²) in [5.74, 6) is -0.270. The van der Waals surface area contributed by atoms with Crippen LogP contribution in [0.15, 0.2) is 30.5 Å². The van der Waals surface area contributed by atoms with E-state index < -0.39 is 0 Å². The minimum absolute atomic E-state index is 0.233. The monoisotopic (exact) mass is 345 g/mol. The molecule has 0 spiro atoms. The summed E-state index contributed by atoms with van der Waals surface area (Å²) in [7, 11) is 1.72. The summed E-state index contributed by atoms with van der Waals surface area (Å²) < 4.78 is 13.1. The van der Waals surface area contributed by atoms with Gasteiger partial charge >= 0.3 is 0 Å². The zero-order valence-corrected chi connectivity index (χ0v) is 14.8. The maximum Gasteiger partial charge on any atom is 0.219 e. The van der Waals surface area contributed by atoms with E-state index in [0.717, 1.165) is 44.8 Å². The fourth-order valence-corrected chi connectivity index (χ4v) is 3.45. The number of morpholine rings is 1. The van der Waals surface area contributed by atoms with Crippen molar-refractivity contribution in [2.75, 3.05) is 33.4 Å². The van der Waals surface area contributed by atoms with Crippen LogP contribution < -0.4 is 5.73 Å². The average Bonchev–Trinajstić information content (AvgIpc) is 2.96. The third-order valence-corrected chi connectivity index (χ3v) is 4.73. The number of nitrogens with zero attached hydrogens (tertiary/aromatic N) is 2. The Balaban J connectivity index is 1.73. The maximum atomic E-state index is 11.1. The van der Waals surface area contributed by atoms with Gasteiger partial charge in [0.1, 0.15) is 0 Å². The van der Waals surface area contributed by atoms with E-state index in [1.807, 2.05) is 6.07 Å². The van der Waals surface area contributed by atoms with Crippen molar-refractivity contribution in [1.82, 2.24) is 9.47 Å². The number of aromatic nitrogens is 1. The summed E-state index contributed by atoms with van der Waals surface area (Å²) in [6.07, 6.45) is 3.67. The molecule has 1 saturated heterocycles. The molecule has 1 fully saturated rings. The van der Waals surface area contributed by atoms with Gasteiger partial charge in [-0.3, -0.25) is 9.69 Å². The zero-order chi connectivity index (χ0) is 17.6. The number of fused-ring (bicyclic) bond motifs is 1. The first kappa shape index (κ1) is 17.9. The van der Waals surface area contributed by atoms with Crippen molar-refractivity contribution in [1.29, 1.82) is 0 Å². The van der Waals surface area contributed by atoms with Crippen molar-refractivity contribution in [2.45, 2.75) is 32.0 Å². The Labute approximate surface area is 148 Å². The van der Waals surface area contributed by atoms with Crippen LogP contribution in [0.3, 0.4) is 0 Å². The highest BCUT2D eigenvalue weighted by Gasteiger charge is 2.21. The molecular weight excluding hydrogens is 318 g/mol. The second-order valence-electron chi connectivity index (χ2n) is 6.59. The Morgan fingerprint density at radius 3 is 3.04 bits per heavy atom. The number of primary amides is 1. The van der Waals surface area contributed by atoms with E-state index in [2.05, 4.69) is 33.9 Å². The van der Waals surface area contributed by atoms with Gasteiger partial charge in [0.2, 0.25) is 5.91 Å². The standard InChI is InChI=1S/C19H27N3O3/c1-24-10-7-16-14-21(9-11-25-16)12-15-13-22(8-6-19(20)23)18-5-3-2-4-17(15)18/h2-5,13,16H,6-12,14H2,1H3,(H2,20,23)/t16-/m1/s1. The van der Waals surface area contributed by atoms with Crippen LogP contribution in [0.1, 0.15) is 18.4 Å². The van der Waals surface area contributed by atoms with Gasteiger partial charge in [0.25, 0.3) is 0 Å². The first-order valence-electron chi connectivity index (χ1n) is 8.85. The van der Waals surface area contributed by atoms with Crippen LogP contribution in [0, 0.1) is 0 Å². The molecule has 1 aliphatic rings. The topological polar surface area (TPSA) is 69.7 Å². The second kappa shape index (κ2) is 8.47. The number of aryl methyl sites for hydroxylation is 1. The molecule has 1 amide bonds. The molecule has 0 radical (unpaired) electrons. The Bertz CT molecular complexity index is 713. The molecule has 2 heterocycles.